The van der Waals surface area contributed by atoms with Crippen LogP contribution >= 0.6 is 0 Å². The van der Waals surface area contributed by atoms with Gasteiger partial charge >= 0.3 is 0 Å². The lowest BCUT2D eigenvalue weighted by molar-refractivity contribution is -0.0399. The normalized spacial score (nSPS) is 23.3. The summed E-state index contributed by atoms with van der Waals surface area (Å²) < 4.78 is 12.5. The Kier molecular flexibility index (Phi) is 5.68. The van der Waals surface area contributed by atoms with E-state index in [2.05, 4.69) is 61.2 Å². The lowest BCUT2D eigenvalue weighted by atomic mass is 9.85. The minimum atomic E-state index is -1.66. The second kappa shape index (κ2) is 6.39. The van der Waals surface area contributed by atoms with Gasteiger partial charge in [-0.15, -0.1) is 6.58 Å². The molecule has 1 heterocycles. The number of hydrogen-bond acceptors (Lipinski definition) is 2. The fraction of sp³-hybridized carbons (Fsp3) is 0.778. The molecule has 0 aromatic heterocycles. The zero-order valence-electron chi connectivity index (χ0n) is 15.3. The molecule has 1 atom stereocenters. The van der Waals surface area contributed by atoms with Crippen LogP contribution in [0, 0.1) is 0 Å². The molecule has 0 aromatic rings. The molecule has 0 fully saturated rings. The smallest absolute Gasteiger partial charge is 0.191 e. The van der Waals surface area contributed by atoms with Crippen LogP contribution in [-0.2, 0) is 9.16 Å². The zero-order chi connectivity index (χ0) is 16.5. The monoisotopic (exact) mass is 310 g/mol. The lowest BCUT2D eigenvalue weighted by Crippen LogP contribution is -2.42. The minimum Gasteiger partial charge on any atom is -0.417 e. The van der Waals surface area contributed by atoms with Crippen LogP contribution in [-0.4, -0.2) is 26.6 Å². The Labute approximate surface area is 132 Å². The van der Waals surface area contributed by atoms with Gasteiger partial charge in [0.25, 0.3) is 0 Å². The first-order valence-electron chi connectivity index (χ1n) is 8.04. The van der Waals surface area contributed by atoms with Gasteiger partial charge in [-0.1, -0.05) is 32.4 Å². The van der Waals surface area contributed by atoms with Crippen LogP contribution in [0.4, 0.5) is 0 Å². The molecule has 1 unspecified atom stereocenters. The summed E-state index contributed by atoms with van der Waals surface area (Å²) in [5.41, 5.74) is 2.63. The van der Waals surface area contributed by atoms with Crippen molar-refractivity contribution in [3.05, 3.63) is 23.8 Å². The Morgan fingerprint density at radius 2 is 1.95 bits per heavy atom. The maximum Gasteiger partial charge on any atom is 0.191 e. The molecule has 2 nitrogen and oxygen atoms in total. The molecule has 3 heteroatoms. The summed E-state index contributed by atoms with van der Waals surface area (Å²) in [5, 5.41) is 0.267. The standard InChI is InChI=1S/C18H34O2Si/c1-10-15-13-14(2)16(18(6,7)20-15)11-12-19-21(8,9)17(3,4)5/h10,15H,1,11-13H2,2-9H3. The van der Waals surface area contributed by atoms with Gasteiger partial charge in [0.05, 0.1) is 11.7 Å². The summed E-state index contributed by atoms with van der Waals surface area (Å²) >= 11 is 0. The molecule has 1 aliphatic rings. The van der Waals surface area contributed by atoms with E-state index in [1.54, 1.807) is 0 Å². The summed E-state index contributed by atoms with van der Waals surface area (Å²) in [4.78, 5) is 0. The van der Waals surface area contributed by atoms with Crippen molar-refractivity contribution in [3.8, 4) is 0 Å². The van der Waals surface area contributed by atoms with Crippen LogP contribution < -0.4 is 0 Å². The fourth-order valence-corrected chi connectivity index (χ4v) is 3.75. The predicted octanol–water partition coefficient (Wildman–Crippen LogP) is 5.47. The quantitative estimate of drug-likeness (QED) is 0.495. The molecule has 0 bridgehead atoms. The molecule has 0 amide bonds. The maximum absolute atomic E-state index is 6.32. The third kappa shape index (κ3) is 4.54. The molecule has 0 saturated heterocycles. The van der Waals surface area contributed by atoms with Crippen LogP contribution in [0.25, 0.3) is 0 Å². The summed E-state index contributed by atoms with van der Waals surface area (Å²) in [6.45, 7) is 22.7. The first-order chi connectivity index (χ1) is 9.40. The topological polar surface area (TPSA) is 18.5 Å². The van der Waals surface area contributed by atoms with Crippen molar-refractivity contribution >= 4 is 8.32 Å². The average Bonchev–Trinajstić information content (AvgIpc) is 2.30. The van der Waals surface area contributed by atoms with Crippen molar-refractivity contribution in [3.63, 3.8) is 0 Å². The van der Waals surface area contributed by atoms with E-state index in [1.165, 1.54) is 11.1 Å². The van der Waals surface area contributed by atoms with Gasteiger partial charge in [-0.3, -0.25) is 0 Å². The first-order valence-corrected chi connectivity index (χ1v) is 10.9. The fourth-order valence-electron chi connectivity index (χ4n) is 2.70. The number of rotatable bonds is 5. The predicted molar refractivity (Wildman–Crippen MR) is 94.2 cm³/mol. The molecule has 21 heavy (non-hydrogen) atoms. The second-order valence-corrected chi connectivity index (χ2v) is 13.0. The summed E-state index contributed by atoms with van der Waals surface area (Å²) in [6, 6.07) is 0. The molecule has 0 N–H and O–H groups in total. The van der Waals surface area contributed by atoms with E-state index in [4.69, 9.17) is 9.16 Å². The molecule has 1 aliphatic heterocycles. The molecule has 0 radical (unpaired) electrons. The van der Waals surface area contributed by atoms with Gasteiger partial charge in [0.1, 0.15) is 0 Å². The van der Waals surface area contributed by atoms with E-state index >= 15 is 0 Å². The third-order valence-corrected chi connectivity index (χ3v) is 9.62. The summed E-state index contributed by atoms with van der Waals surface area (Å²) in [7, 11) is -1.66. The van der Waals surface area contributed by atoms with E-state index in [9.17, 15) is 0 Å². The summed E-state index contributed by atoms with van der Waals surface area (Å²) in [6.07, 6.45) is 3.98. The van der Waals surface area contributed by atoms with E-state index < -0.39 is 8.32 Å². The van der Waals surface area contributed by atoms with Crippen molar-refractivity contribution in [1.82, 2.24) is 0 Å². The van der Waals surface area contributed by atoms with Gasteiger partial charge in [-0.25, -0.2) is 0 Å². The van der Waals surface area contributed by atoms with E-state index in [1.807, 2.05) is 6.08 Å². The average molecular weight is 311 g/mol. The van der Waals surface area contributed by atoms with Gasteiger partial charge in [0, 0.05) is 6.61 Å². The maximum atomic E-state index is 6.32. The van der Waals surface area contributed by atoms with Gasteiger partial charge in [-0.05, 0) is 57.3 Å². The van der Waals surface area contributed by atoms with Crippen molar-refractivity contribution < 1.29 is 9.16 Å². The third-order valence-electron chi connectivity index (χ3n) is 5.08. The van der Waals surface area contributed by atoms with Crippen molar-refractivity contribution in [1.29, 1.82) is 0 Å². The summed E-state index contributed by atoms with van der Waals surface area (Å²) in [5.74, 6) is 0. The highest BCUT2D eigenvalue weighted by atomic mass is 28.4. The molecular formula is C18H34O2Si. The number of hydrogen-bond donors (Lipinski definition) is 0. The highest BCUT2D eigenvalue weighted by Crippen LogP contribution is 2.39. The minimum absolute atomic E-state index is 0.144. The van der Waals surface area contributed by atoms with Crippen LogP contribution in [0.2, 0.25) is 18.1 Å². The molecule has 122 valence electrons. The lowest BCUT2D eigenvalue weighted by Gasteiger charge is -2.40. The molecule has 0 aromatic carbocycles. The largest absolute Gasteiger partial charge is 0.417 e. The van der Waals surface area contributed by atoms with Gasteiger partial charge < -0.3 is 9.16 Å². The van der Waals surface area contributed by atoms with Gasteiger partial charge in [-0.2, -0.15) is 0 Å². The van der Waals surface area contributed by atoms with E-state index in [0.29, 0.717) is 0 Å². The van der Waals surface area contributed by atoms with Crippen LogP contribution in [0.1, 0.15) is 54.4 Å². The van der Waals surface area contributed by atoms with E-state index in [-0.39, 0.29) is 16.7 Å². The highest BCUT2D eigenvalue weighted by molar-refractivity contribution is 6.74. The second-order valence-electron chi connectivity index (χ2n) is 8.22. The Bertz CT molecular complexity index is 413. The van der Waals surface area contributed by atoms with Gasteiger partial charge in [0.15, 0.2) is 8.32 Å². The highest BCUT2D eigenvalue weighted by Gasteiger charge is 2.38. The Morgan fingerprint density at radius 3 is 2.38 bits per heavy atom. The van der Waals surface area contributed by atoms with Crippen molar-refractivity contribution in [2.45, 2.75) is 84.2 Å². The Hall–Kier alpha value is -0.383. The first kappa shape index (κ1) is 18.7. The molecule has 0 aliphatic carbocycles. The molecule has 0 spiro atoms. The van der Waals surface area contributed by atoms with Crippen molar-refractivity contribution in [2.24, 2.45) is 0 Å². The number of ether oxygens (including phenoxy) is 1. The van der Waals surface area contributed by atoms with Crippen LogP contribution in [0.3, 0.4) is 0 Å². The van der Waals surface area contributed by atoms with E-state index in [0.717, 1.165) is 19.4 Å². The Balaban J connectivity index is 2.72. The zero-order valence-corrected chi connectivity index (χ0v) is 16.3. The molecular weight excluding hydrogens is 276 g/mol. The SMILES string of the molecule is C=CC1CC(C)=C(CCO[Si](C)(C)C(C)(C)C)C(C)(C)O1. The molecule has 0 saturated carbocycles. The Morgan fingerprint density at radius 1 is 1.38 bits per heavy atom. The molecule has 1 rings (SSSR count). The van der Waals surface area contributed by atoms with Crippen molar-refractivity contribution in [2.75, 3.05) is 6.61 Å². The van der Waals surface area contributed by atoms with Crippen LogP contribution in [0.15, 0.2) is 23.8 Å². The van der Waals surface area contributed by atoms with Crippen LogP contribution in [0.5, 0.6) is 0 Å². The van der Waals surface area contributed by atoms with Gasteiger partial charge in [0.2, 0.25) is 0 Å².